The summed E-state index contributed by atoms with van der Waals surface area (Å²) in [5.41, 5.74) is 12.7. The van der Waals surface area contributed by atoms with Gasteiger partial charge in [0.2, 0.25) is 0 Å². The van der Waals surface area contributed by atoms with Gasteiger partial charge < -0.3 is 74.3 Å². The maximum absolute atomic E-state index is 14.2. The molecule has 4 fully saturated rings. The first-order valence-electron chi connectivity index (χ1n) is 39.7. The van der Waals surface area contributed by atoms with Gasteiger partial charge in [0.25, 0.3) is 0 Å². The molecule has 0 radical (unpaired) electrons. The number of aryl methyl sites for hydroxylation is 3. The molecule has 8 aromatic heterocycles. The lowest BCUT2D eigenvalue weighted by atomic mass is 10.1. The fraction of sp³-hybridized carbons (Fsp3) is 0.402. The summed E-state index contributed by atoms with van der Waals surface area (Å²) >= 11 is 0. The zero-order chi connectivity index (χ0) is 81.5. The number of hydrogen-bond donors (Lipinski definition) is 4. The van der Waals surface area contributed by atoms with E-state index >= 15 is 0 Å². The minimum Gasteiger partial charge on any atom is -0.395 e. The lowest BCUT2D eigenvalue weighted by molar-refractivity contribution is 0.135. The van der Waals surface area contributed by atoms with Gasteiger partial charge in [-0.2, -0.15) is 0 Å². The Morgan fingerprint density at radius 1 is 0.371 bits per heavy atom. The fourth-order valence-corrected chi connectivity index (χ4v) is 15.3. The van der Waals surface area contributed by atoms with Gasteiger partial charge in [0.15, 0.2) is 5.82 Å². The summed E-state index contributed by atoms with van der Waals surface area (Å²) in [6, 6.07) is 41.1. The predicted molar refractivity (Wildman–Crippen MR) is 460 cm³/mol. The lowest BCUT2D eigenvalue weighted by Crippen LogP contribution is -2.53. The van der Waals surface area contributed by atoms with Gasteiger partial charge in [0.05, 0.1) is 120 Å². The van der Waals surface area contributed by atoms with Crippen LogP contribution in [0.5, 0.6) is 0 Å². The highest BCUT2D eigenvalue weighted by molar-refractivity contribution is 5.94. The van der Waals surface area contributed by atoms with E-state index in [4.69, 9.17) is 0 Å². The van der Waals surface area contributed by atoms with Crippen LogP contribution >= 0.6 is 0 Å². The number of benzene rings is 4. The molecule has 4 aromatic carbocycles. The second-order valence-electron chi connectivity index (χ2n) is 30.7. The fourth-order valence-electron chi connectivity index (χ4n) is 15.3. The number of piperazine rings is 4. The summed E-state index contributed by atoms with van der Waals surface area (Å²) < 4.78 is 14.2. The second-order valence-corrected chi connectivity index (χ2v) is 30.7. The maximum atomic E-state index is 14.2. The standard InChI is InChI=1S/C22H27FN6O.2C22H28N6O.C21H26N6O/c1-15-25-18(11-21(26-15)29-8-7-27(2)19(13-29)14-30)12-28(3)20-10-17(23)9-16-5-4-6-24-22(16)20;1-16-24-19(13-20(25-16)28-11-9-26(2)10-12-28)14-27(3)22-18(15-29)7-6-17-5-4-8-23-21(17)22;1-16-24-19(13-21(25-16)28-9-7-26(2)8-10-28)14-27(3)20-12-17(15-29)11-18-5-4-6-23-22(18)20;1-25-9-11-27(12-10-25)20-13-17(23-19(15-28)24-20)14-26(2)18-7-3-5-16-6-4-8-22-21(16)18/h4-6,9-11,19,30H,7-8,12-14H2,1-3H3;4-8,13,29H,9-12,14-15H2,1-3H3;4-6,11-13,29H,7-10,14-15H2,1-3H3;3-8,13,28H,9-12,14-15H2,1-2H3. The molecule has 0 bridgehead atoms. The van der Waals surface area contributed by atoms with Gasteiger partial charge in [-0.15, -0.1) is 0 Å². The van der Waals surface area contributed by atoms with E-state index in [1.165, 1.54) is 12.1 Å². The van der Waals surface area contributed by atoms with E-state index in [1.54, 1.807) is 24.7 Å². The number of likely N-dealkylation sites (N-methyl/N-ethyl adjacent to an activating group) is 4. The average Bonchev–Trinajstić information content (AvgIpc) is 1.03. The molecule has 0 saturated carbocycles. The van der Waals surface area contributed by atoms with Crippen LogP contribution in [-0.4, -0.2) is 267 Å². The van der Waals surface area contributed by atoms with Gasteiger partial charge >= 0.3 is 0 Å². The van der Waals surface area contributed by atoms with Gasteiger partial charge in [-0.3, -0.25) is 24.8 Å². The number of fused-ring (bicyclic) bond motifs is 4. The van der Waals surface area contributed by atoms with Crippen LogP contribution < -0.4 is 39.2 Å². The lowest BCUT2D eigenvalue weighted by Gasteiger charge is -2.39. The molecule has 12 heterocycles. The van der Waals surface area contributed by atoms with Crippen LogP contribution in [0, 0.1) is 26.6 Å². The Kier molecular flexibility index (Phi) is 27.5. The van der Waals surface area contributed by atoms with Crippen molar-refractivity contribution in [1.82, 2.24) is 79.4 Å². The van der Waals surface area contributed by atoms with E-state index in [2.05, 4.69) is 165 Å². The van der Waals surface area contributed by atoms with E-state index in [0.717, 1.165) is 233 Å². The van der Waals surface area contributed by atoms with Crippen LogP contribution in [0.25, 0.3) is 43.6 Å². The van der Waals surface area contributed by atoms with Crippen LogP contribution in [0.2, 0.25) is 0 Å². The van der Waals surface area contributed by atoms with Crippen LogP contribution in [0.1, 0.15) is 57.2 Å². The highest BCUT2D eigenvalue weighted by atomic mass is 19.1. The van der Waals surface area contributed by atoms with E-state index in [9.17, 15) is 24.8 Å². The summed E-state index contributed by atoms with van der Waals surface area (Å²) in [6.07, 6.45) is 7.13. The highest BCUT2D eigenvalue weighted by Gasteiger charge is 2.27. The SMILES string of the molecule is CN1CCN(c2cc(CN(C)c3cccc4cccnc34)nc(CO)n2)CC1.Cc1nc(CN(C)c2c(CO)ccc3cccnc23)cc(N2CCN(C)CC2)n1.Cc1nc(CN(C)c2cc(CO)cc3cccnc23)cc(N2CCN(C)CC2)n1.Cc1nc(CN(C)c2cc(F)cc3cccnc23)cc(N2CCN(C)C(CO)C2)n1. The van der Waals surface area contributed by atoms with Crippen molar-refractivity contribution < 1.29 is 24.8 Å². The molecule has 4 aliphatic heterocycles. The van der Waals surface area contributed by atoms with Crippen LogP contribution in [0.4, 0.5) is 50.4 Å². The number of aliphatic hydroxyl groups is 4. The molecular formula is C87H109FN24O4. The maximum Gasteiger partial charge on any atom is 0.156 e. The number of nitrogens with zero attached hydrogens (tertiary/aromatic N) is 24. The van der Waals surface area contributed by atoms with Crippen LogP contribution in [0.3, 0.4) is 0 Å². The van der Waals surface area contributed by atoms with Crippen molar-refractivity contribution in [2.24, 2.45) is 0 Å². The van der Waals surface area contributed by atoms with E-state index in [1.807, 2.05) is 146 Å². The van der Waals surface area contributed by atoms with Crippen LogP contribution in [-0.2, 0) is 46.0 Å². The second kappa shape index (κ2) is 38.5. The first kappa shape index (κ1) is 82.8. The number of para-hydroxylation sites is 1. The van der Waals surface area contributed by atoms with E-state index in [-0.39, 0.29) is 38.3 Å². The summed E-state index contributed by atoms with van der Waals surface area (Å²) in [4.78, 5) is 81.8. The molecule has 29 heteroatoms. The van der Waals surface area contributed by atoms with Crippen molar-refractivity contribution in [1.29, 1.82) is 0 Å². The monoisotopic (exact) mass is 1570 g/mol. The molecule has 16 rings (SSSR count). The third kappa shape index (κ3) is 20.7. The molecular weight excluding hydrogens is 1460 g/mol. The smallest absolute Gasteiger partial charge is 0.156 e. The van der Waals surface area contributed by atoms with Crippen molar-refractivity contribution in [2.75, 3.05) is 200 Å². The largest absolute Gasteiger partial charge is 0.395 e. The van der Waals surface area contributed by atoms with Crippen molar-refractivity contribution in [3.8, 4) is 0 Å². The molecule has 4 N–H and O–H groups in total. The number of rotatable bonds is 20. The number of aromatic nitrogens is 12. The third-order valence-electron chi connectivity index (χ3n) is 21.8. The predicted octanol–water partition coefficient (Wildman–Crippen LogP) is 8.55. The molecule has 0 spiro atoms. The molecule has 12 aromatic rings. The molecule has 4 saturated heterocycles. The Bertz CT molecular complexity index is 5290. The van der Waals surface area contributed by atoms with Crippen LogP contribution in [0.15, 0.2) is 152 Å². The van der Waals surface area contributed by atoms with Gasteiger partial charge in [0.1, 0.15) is 53.2 Å². The van der Waals surface area contributed by atoms with E-state index < -0.39 is 0 Å². The molecule has 1 atom stereocenters. The van der Waals surface area contributed by atoms with Gasteiger partial charge in [-0.05, 0) is 109 Å². The summed E-state index contributed by atoms with van der Waals surface area (Å²) in [5, 5.41) is 42.8. The summed E-state index contributed by atoms with van der Waals surface area (Å²) in [6.45, 7) is 22.5. The van der Waals surface area contributed by atoms with Gasteiger partial charge in [0, 0.05) is 203 Å². The molecule has 116 heavy (non-hydrogen) atoms. The first-order valence-corrected chi connectivity index (χ1v) is 39.7. The summed E-state index contributed by atoms with van der Waals surface area (Å²) in [5.74, 6) is 6.19. The Morgan fingerprint density at radius 2 is 0.776 bits per heavy atom. The Labute approximate surface area is 678 Å². The Balaban J connectivity index is 0.000000135. The van der Waals surface area contributed by atoms with Gasteiger partial charge in [-0.1, -0.05) is 48.5 Å². The van der Waals surface area contributed by atoms with E-state index in [0.29, 0.717) is 37.8 Å². The van der Waals surface area contributed by atoms with Crippen molar-refractivity contribution in [2.45, 2.75) is 72.8 Å². The number of aliphatic hydroxyl groups excluding tert-OH is 4. The number of hydrogen-bond acceptors (Lipinski definition) is 28. The summed E-state index contributed by atoms with van der Waals surface area (Å²) in [7, 11) is 16.5. The zero-order valence-corrected chi connectivity index (χ0v) is 68.7. The number of anilines is 8. The van der Waals surface area contributed by atoms with Crippen molar-refractivity contribution >= 4 is 89.6 Å². The van der Waals surface area contributed by atoms with Gasteiger partial charge in [-0.25, -0.2) is 44.3 Å². The third-order valence-corrected chi connectivity index (χ3v) is 21.8. The molecule has 1 unspecified atom stereocenters. The molecule has 0 amide bonds. The molecule has 4 aliphatic rings. The number of halogens is 1. The first-order chi connectivity index (χ1) is 56.2. The molecule has 608 valence electrons. The highest BCUT2D eigenvalue weighted by Crippen LogP contribution is 2.34. The zero-order valence-electron chi connectivity index (χ0n) is 68.7. The molecule has 0 aliphatic carbocycles. The minimum atomic E-state index is -0.288. The topological polar surface area (TPSA) is 274 Å². The average molecular weight is 1570 g/mol. The van der Waals surface area contributed by atoms with Crippen molar-refractivity contribution in [3.63, 3.8) is 0 Å². The Morgan fingerprint density at radius 3 is 1.26 bits per heavy atom. The minimum absolute atomic E-state index is 0.00580. The number of pyridine rings is 4. The normalized spacial score (nSPS) is 15.7. The Hall–Kier alpha value is -11.2. The quantitative estimate of drug-likeness (QED) is 0.0556. The molecule has 28 nitrogen and oxygen atoms in total. The van der Waals surface area contributed by atoms with Crippen molar-refractivity contribution in [3.05, 3.63) is 215 Å².